The van der Waals surface area contributed by atoms with Gasteiger partial charge in [0.15, 0.2) is 0 Å². The summed E-state index contributed by atoms with van der Waals surface area (Å²) in [6, 6.07) is 17.5. The number of piperidine rings is 1. The Morgan fingerprint density at radius 2 is 1.63 bits per heavy atom. The molecule has 0 N–H and O–H groups in total. The van der Waals surface area contributed by atoms with E-state index < -0.39 is 10.0 Å². The van der Waals surface area contributed by atoms with Crippen LogP contribution in [0.15, 0.2) is 59.5 Å². The van der Waals surface area contributed by atoms with Crippen LogP contribution in [0.5, 0.6) is 5.75 Å². The Hall–Kier alpha value is -1.89. The summed E-state index contributed by atoms with van der Waals surface area (Å²) < 4.78 is 32.8. The monoisotopic (exact) mass is 428 g/mol. The molecule has 6 heteroatoms. The van der Waals surface area contributed by atoms with Crippen molar-refractivity contribution in [2.75, 3.05) is 39.8 Å². The molecule has 0 aromatic heterocycles. The van der Waals surface area contributed by atoms with Gasteiger partial charge in [-0.3, -0.25) is 0 Å². The molecule has 4 rings (SSSR count). The van der Waals surface area contributed by atoms with Crippen molar-refractivity contribution in [3.8, 4) is 5.75 Å². The first-order valence-electron chi connectivity index (χ1n) is 10.9. The van der Waals surface area contributed by atoms with E-state index in [1.165, 1.54) is 5.56 Å². The maximum absolute atomic E-state index is 13.0. The standard InChI is InChI=1S/C24H32N2O3S/c1-3-20(21-7-5-4-6-8-21)17-25-18-24(19-25)13-15-26(16-14-24)30(27,28)23-11-9-22(29-2)10-12-23/h4-12,20H,3,13-19H2,1-2H3. The molecule has 2 aromatic carbocycles. The average molecular weight is 429 g/mol. The van der Waals surface area contributed by atoms with Crippen LogP contribution in [0.25, 0.3) is 0 Å². The molecule has 5 nitrogen and oxygen atoms in total. The maximum atomic E-state index is 13.0. The zero-order valence-electron chi connectivity index (χ0n) is 18.0. The van der Waals surface area contributed by atoms with Gasteiger partial charge in [-0.1, -0.05) is 37.3 Å². The minimum absolute atomic E-state index is 0.293. The van der Waals surface area contributed by atoms with Gasteiger partial charge in [0.25, 0.3) is 0 Å². The fourth-order valence-corrected chi connectivity index (χ4v) is 6.39. The number of nitrogens with zero attached hydrogens (tertiary/aromatic N) is 2. The van der Waals surface area contributed by atoms with Crippen molar-refractivity contribution in [3.63, 3.8) is 0 Å². The van der Waals surface area contributed by atoms with Crippen LogP contribution in [-0.4, -0.2) is 57.5 Å². The van der Waals surface area contributed by atoms with E-state index in [-0.39, 0.29) is 0 Å². The molecular formula is C24H32N2O3S. The summed E-state index contributed by atoms with van der Waals surface area (Å²) in [6.07, 6.45) is 3.03. The first-order valence-corrected chi connectivity index (χ1v) is 12.3. The highest BCUT2D eigenvalue weighted by Gasteiger charge is 2.46. The summed E-state index contributed by atoms with van der Waals surface area (Å²) in [5.41, 5.74) is 1.71. The number of hydrogen-bond donors (Lipinski definition) is 0. The molecule has 2 aliphatic rings. The summed E-state index contributed by atoms with van der Waals surface area (Å²) in [6.45, 7) is 6.75. The Labute approximate surface area is 180 Å². The number of benzene rings is 2. The van der Waals surface area contributed by atoms with Gasteiger partial charge in [-0.25, -0.2) is 8.42 Å². The average Bonchev–Trinajstić information content (AvgIpc) is 2.77. The third kappa shape index (κ3) is 4.27. The molecule has 162 valence electrons. The van der Waals surface area contributed by atoms with E-state index in [2.05, 4.69) is 42.2 Å². The third-order valence-electron chi connectivity index (χ3n) is 6.84. The molecule has 0 radical (unpaired) electrons. The van der Waals surface area contributed by atoms with E-state index in [9.17, 15) is 8.42 Å². The number of sulfonamides is 1. The summed E-state index contributed by atoms with van der Waals surface area (Å²) in [5, 5.41) is 0. The van der Waals surface area contributed by atoms with Crippen LogP contribution in [0.1, 0.15) is 37.7 Å². The molecule has 2 heterocycles. The zero-order chi connectivity index (χ0) is 21.2. The largest absolute Gasteiger partial charge is 0.497 e. The van der Waals surface area contributed by atoms with Gasteiger partial charge < -0.3 is 9.64 Å². The molecule has 1 atom stereocenters. The Bertz CT molecular complexity index is 928. The first-order chi connectivity index (χ1) is 14.5. The van der Waals surface area contributed by atoms with Crippen molar-refractivity contribution in [1.29, 1.82) is 0 Å². The fourth-order valence-electron chi connectivity index (χ4n) is 4.95. The molecule has 2 saturated heterocycles. The van der Waals surface area contributed by atoms with Crippen LogP contribution in [0.3, 0.4) is 0 Å². The van der Waals surface area contributed by atoms with Gasteiger partial charge in [0.1, 0.15) is 5.75 Å². The minimum Gasteiger partial charge on any atom is -0.497 e. The van der Waals surface area contributed by atoms with E-state index >= 15 is 0 Å². The van der Waals surface area contributed by atoms with Crippen molar-refractivity contribution in [3.05, 3.63) is 60.2 Å². The molecule has 2 fully saturated rings. The number of ether oxygens (including phenoxy) is 1. The second-order valence-electron chi connectivity index (χ2n) is 8.77. The predicted molar refractivity (Wildman–Crippen MR) is 119 cm³/mol. The Kier molecular flexibility index (Phi) is 6.19. The number of hydrogen-bond acceptors (Lipinski definition) is 4. The van der Waals surface area contributed by atoms with Crippen molar-refractivity contribution in [1.82, 2.24) is 9.21 Å². The number of likely N-dealkylation sites (tertiary alicyclic amines) is 1. The van der Waals surface area contributed by atoms with Crippen LogP contribution in [0.2, 0.25) is 0 Å². The molecule has 0 amide bonds. The van der Waals surface area contributed by atoms with Crippen LogP contribution < -0.4 is 4.74 Å². The molecule has 1 unspecified atom stereocenters. The van der Waals surface area contributed by atoms with Gasteiger partial charge in [0, 0.05) is 32.7 Å². The highest BCUT2D eigenvalue weighted by molar-refractivity contribution is 7.89. The molecule has 2 aliphatic heterocycles. The summed E-state index contributed by atoms with van der Waals surface area (Å²) in [5.74, 6) is 1.24. The van der Waals surface area contributed by atoms with Gasteiger partial charge in [-0.15, -0.1) is 0 Å². The lowest BCUT2D eigenvalue weighted by molar-refractivity contribution is -0.0374. The number of methoxy groups -OCH3 is 1. The maximum Gasteiger partial charge on any atom is 0.243 e. The smallest absolute Gasteiger partial charge is 0.243 e. The summed E-state index contributed by atoms with van der Waals surface area (Å²) >= 11 is 0. The van der Waals surface area contributed by atoms with Gasteiger partial charge in [-0.05, 0) is 60.4 Å². The lowest BCUT2D eigenvalue weighted by atomic mass is 9.72. The van der Waals surface area contributed by atoms with Crippen molar-refractivity contribution in [2.45, 2.75) is 37.0 Å². The lowest BCUT2D eigenvalue weighted by Crippen LogP contribution is -2.61. The molecule has 0 bridgehead atoms. The van der Waals surface area contributed by atoms with Crippen molar-refractivity contribution < 1.29 is 13.2 Å². The van der Waals surface area contributed by atoms with Crippen LogP contribution in [-0.2, 0) is 10.0 Å². The molecule has 30 heavy (non-hydrogen) atoms. The van der Waals surface area contributed by atoms with E-state index in [0.29, 0.717) is 35.1 Å². The Balaban J connectivity index is 1.32. The first kappa shape index (κ1) is 21.3. The normalized spacial score (nSPS) is 20.6. The van der Waals surface area contributed by atoms with E-state index in [1.54, 1.807) is 35.7 Å². The van der Waals surface area contributed by atoms with Gasteiger partial charge >= 0.3 is 0 Å². The summed E-state index contributed by atoms with van der Waals surface area (Å²) in [4.78, 5) is 2.90. The predicted octanol–water partition coefficient (Wildman–Crippen LogP) is 3.98. The Morgan fingerprint density at radius 1 is 1.00 bits per heavy atom. The van der Waals surface area contributed by atoms with E-state index in [0.717, 1.165) is 38.9 Å². The quantitative estimate of drug-likeness (QED) is 0.669. The highest BCUT2D eigenvalue weighted by Crippen LogP contribution is 2.42. The van der Waals surface area contributed by atoms with Crippen molar-refractivity contribution in [2.24, 2.45) is 5.41 Å². The molecule has 1 spiro atoms. The van der Waals surface area contributed by atoms with Crippen LogP contribution in [0, 0.1) is 5.41 Å². The van der Waals surface area contributed by atoms with Gasteiger partial charge in [-0.2, -0.15) is 4.31 Å². The number of rotatable bonds is 7. The minimum atomic E-state index is -3.43. The zero-order valence-corrected chi connectivity index (χ0v) is 18.8. The fraction of sp³-hybridized carbons (Fsp3) is 0.500. The SMILES string of the molecule is CCC(CN1CC2(CCN(S(=O)(=O)c3ccc(OC)cc3)CC2)C1)c1ccccc1. The molecular weight excluding hydrogens is 396 g/mol. The van der Waals surface area contributed by atoms with Gasteiger partial charge in [0.2, 0.25) is 10.0 Å². The third-order valence-corrected chi connectivity index (χ3v) is 8.75. The lowest BCUT2D eigenvalue weighted by Gasteiger charge is -2.54. The molecule has 0 saturated carbocycles. The molecule has 0 aliphatic carbocycles. The second kappa shape index (κ2) is 8.69. The van der Waals surface area contributed by atoms with Crippen LogP contribution >= 0.6 is 0 Å². The van der Waals surface area contributed by atoms with Crippen LogP contribution in [0.4, 0.5) is 0 Å². The Morgan fingerprint density at radius 3 is 2.20 bits per heavy atom. The highest BCUT2D eigenvalue weighted by atomic mass is 32.2. The van der Waals surface area contributed by atoms with Gasteiger partial charge in [0.05, 0.1) is 12.0 Å². The topological polar surface area (TPSA) is 49.9 Å². The molecule has 2 aromatic rings. The second-order valence-corrected chi connectivity index (χ2v) is 10.7. The van der Waals surface area contributed by atoms with E-state index in [4.69, 9.17) is 4.74 Å². The van der Waals surface area contributed by atoms with Crippen molar-refractivity contribution >= 4 is 10.0 Å². The summed E-state index contributed by atoms with van der Waals surface area (Å²) in [7, 11) is -1.85. The van der Waals surface area contributed by atoms with E-state index in [1.807, 2.05) is 0 Å².